The van der Waals surface area contributed by atoms with Gasteiger partial charge in [-0.15, -0.1) is 0 Å². The van der Waals surface area contributed by atoms with Crippen LogP contribution < -0.4 is 26.2 Å². The van der Waals surface area contributed by atoms with Crippen LogP contribution in [0, 0.1) is 6.92 Å². The van der Waals surface area contributed by atoms with Crippen molar-refractivity contribution in [2.75, 3.05) is 9.80 Å². The fraction of sp³-hybridized carbons (Fsp3) is 0.143. The highest BCUT2D eigenvalue weighted by molar-refractivity contribution is 7.00. The molecule has 2 aliphatic rings. The zero-order chi connectivity index (χ0) is 45.3. The van der Waals surface area contributed by atoms with E-state index in [2.05, 4.69) is 265 Å². The Bertz CT molecular complexity index is 3020. The SMILES string of the molecule is Cc1cc2c3c(c1)N(c1ccc(-c4ccccc4)cc1)c1cc(C(C)(C)C)c(-c4ccccc4)cc1B3c1cc(-c3ccccc3)c(C(C)(C)C)cc1N2c1ccc(-c2ccccc2)cc1. The number of fused-ring (bicyclic) bond motifs is 4. The van der Waals surface area contributed by atoms with Crippen molar-refractivity contribution in [2.45, 2.75) is 59.3 Å². The maximum atomic E-state index is 2.57. The van der Waals surface area contributed by atoms with Crippen molar-refractivity contribution < 1.29 is 0 Å². The van der Waals surface area contributed by atoms with E-state index >= 15 is 0 Å². The van der Waals surface area contributed by atoms with Crippen LogP contribution in [0.3, 0.4) is 0 Å². The average molecular weight is 851 g/mol. The third-order valence-electron chi connectivity index (χ3n) is 13.7. The van der Waals surface area contributed by atoms with Gasteiger partial charge in [-0.25, -0.2) is 0 Å². The highest BCUT2D eigenvalue weighted by Crippen LogP contribution is 2.49. The highest BCUT2D eigenvalue weighted by atomic mass is 15.2. The molecular weight excluding hydrogens is 796 g/mol. The summed E-state index contributed by atoms with van der Waals surface area (Å²) in [6.45, 7) is 16.4. The minimum atomic E-state index is -0.129. The molecule has 0 amide bonds. The van der Waals surface area contributed by atoms with E-state index in [-0.39, 0.29) is 17.5 Å². The molecule has 9 aromatic rings. The molecule has 0 unspecified atom stereocenters. The van der Waals surface area contributed by atoms with Gasteiger partial charge in [-0.1, -0.05) is 199 Å². The molecule has 9 aromatic carbocycles. The van der Waals surface area contributed by atoms with Gasteiger partial charge in [0, 0.05) is 34.1 Å². The molecule has 0 saturated heterocycles. The molecule has 0 spiro atoms. The lowest BCUT2D eigenvalue weighted by Crippen LogP contribution is -2.61. The molecular formula is C63H55BN2. The van der Waals surface area contributed by atoms with Gasteiger partial charge in [-0.2, -0.15) is 0 Å². The van der Waals surface area contributed by atoms with E-state index in [1.54, 1.807) is 0 Å². The Kier molecular flexibility index (Phi) is 10.0. The van der Waals surface area contributed by atoms with Gasteiger partial charge in [-0.3, -0.25) is 0 Å². The lowest BCUT2D eigenvalue weighted by atomic mass is 9.33. The summed E-state index contributed by atoms with van der Waals surface area (Å²) < 4.78 is 0. The largest absolute Gasteiger partial charge is 0.311 e. The smallest absolute Gasteiger partial charge is 0.252 e. The first-order valence-electron chi connectivity index (χ1n) is 23.5. The molecule has 0 saturated carbocycles. The fourth-order valence-corrected chi connectivity index (χ4v) is 10.6. The summed E-state index contributed by atoms with van der Waals surface area (Å²) in [6.07, 6.45) is 0. The predicted octanol–water partition coefficient (Wildman–Crippen LogP) is 15.3. The van der Waals surface area contributed by atoms with Gasteiger partial charge in [-0.05, 0) is 144 Å². The second kappa shape index (κ2) is 16.0. The molecule has 320 valence electrons. The normalized spacial score (nSPS) is 13.0. The second-order valence-corrected chi connectivity index (χ2v) is 20.3. The molecule has 0 atom stereocenters. The van der Waals surface area contributed by atoms with Crippen LogP contribution >= 0.6 is 0 Å². The molecule has 0 radical (unpaired) electrons. The van der Waals surface area contributed by atoms with Crippen LogP contribution in [0.25, 0.3) is 44.5 Å². The Hall–Kier alpha value is -7.36. The van der Waals surface area contributed by atoms with Crippen molar-refractivity contribution >= 4 is 57.2 Å². The van der Waals surface area contributed by atoms with Crippen LogP contribution in [-0.2, 0) is 10.8 Å². The van der Waals surface area contributed by atoms with Crippen molar-refractivity contribution in [1.82, 2.24) is 0 Å². The van der Waals surface area contributed by atoms with Crippen LogP contribution in [0.1, 0.15) is 58.2 Å². The van der Waals surface area contributed by atoms with Gasteiger partial charge in [0.25, 0.3) is 6.71 Å². The van der Waals surface area contributed by atoms with Crippen LogP contribution in [0.4, 0.5) is 34.1 Å². The summed E-state index contributed by atoms with van der Waals surface area (Å²) in [5, 5.41) is 0. The molecule has 0 fully saturated rings. The van der Waals surface area contributed by atoms with Crippen LogP contribution in [0.15, 0.2) is 206 Å². The van der Waals surface area contributed by atoms with Gasteiger partial charge in [0.15, 0.2) is 0 Å². The minimum absolute atomic E-state index is 0.0479. The van der Waals surface area contributed by atoms with Crippen molar-refractivity contribution in [2.24, 2.45) is 0 Å². The molecule has 11 rings (SSSR count). The van der Waals surface area contributed by atoms with E-state index in [4.69, 9.17) is 0 Å². The summed E-state index contributed by atoms with van der Waals surface area (Å²) in [5.41, 5.74) is 24.7. The monoisotopic (exact) mass is 850 g/mol. The third kappa shape index (κ3) is 7.15. The number of anilines is 6. The Morgan fingerprint density at radius 1 is 0.333 bits per heavy atom. The standard InChI is InChI=1S/C63H55BN2/c1-42-36-59-61-60(37-42)66(50-34-30-46(31-35-50)44-22-14-9-15-23-44)58-41-54(63(5,6)7)52(48-26-18-11-19-27-48)39-56(58)64(61)55-38-51(47-24-16-10-17-25-47)53(62(2,3)4)40-57(55)65(59)49-32-28-45(29-33-49)43-20-12-8-13-21-43/h8-41H,1-7H3. The molecule has 2 nitrogen and oxygen atoms in total. The quantitative estimate of drug-likeness (QED) is 0.154. The molecule has 2 heterocycles. The van der Waals surface area contributed by atoms with E-state index in [0.29, 0.717) is 0 Å². The third-order valence-corrected chi connectivity index (χ3v) is 13.7. The van der Waals surface area contributed by atoms with Gasteiger partial charge < -0.3 is 9.80 Å². The van der Waals surface area contributed by atoms with E-state index in [9.17, 15) is 0 Å². The van der Waals surface area contributed by atoms with Crippen LogP contribution in [-0.4, -0.2) is 6.71 Å². The number of benzene rings is 9. The van der Waals surface area contributed by atoms with Gasteiger partial charge in [0.05, 0.1) is 0 Å². The van der Waals surface area contributed by atoms with Crippen molar-refractivity contribution in [3.05, 3.63) is 223 Å². The molecule has 0 aliphatic carbocycles. The number of rotatable bonds is 6. The molecule has 0 N–H and O–H groups in total. The van der Waals surface area contributed by atoms with E-state index in [1.165, 1.54) is 100 Å². The first kappa shape index (κ1) is 41.4. The molecule has 66 heavy (non-hydrogen) atoms. The Morgan fingerprint density at radius 2 is 0.652 bits per heavy atom. The lowest BCUT2D eigenvalue weighted by molar-refractivity contribution is 0.592. The summed E-state index contributed by atoms with van der Waals surface area (Å²) in [5.74, 6) is 0. The zero-order valence-electron chi connectivity index (χ0n) is 39.1. The van der Waals surface area contributed by atoms with Crippen molar-refractivity contribution in [3.63, 3.8) is 0 Å². The van der Waals surface area contributed by atoms with Crippen LogP contribution in [0.5, 0.6) is 0 Å². The molecule has 0 bridgehead atoms. The molecule has 2 aliphatic heterocycles. The Morgan fingerprint density at radius 3 is 0.985 bits per heavy atom. The van der Waals surface area contributed by atoms with Gasteiger partial charge >= 0.3 is 0 Å². The molecule has 0 aromatic heterocycles. The summed E-state index contributed by atoms with van der Waals surface area (Å²) >= 11 is 0. The number of nitrogens with zero attached hydrogens (tertiary/aromatic N) is 2. The summed E-state index contributed by atoms with van der Waals surface area (Å²) in [6, 6.07) is 77.0. The van der Waals surface area contributed by atoms with E-state index < -0.39 is 0 Å². The van der Waals surface area contributed by atoms with E-state index in [1.807, 2.05) is 0 Å². The first-order valence-corrected chi connectivity index (χ1v) is 23.5. The fourth-order valence-electron chi connectivity index (χ4n) is 10.6. The van der Waals surface area contributed by atoms with Gasteiger partial charge in [0.2, 0.25) is 0 Å². The average Bonchev–Trinajstić information content (AvgIpc) is 3.34. The lowest BCUT2D eigenvalue weighted by Gasteiger charge is -2.45. The maximum Gasteiger partial charge on any atom is 0.252 e. The maximum absolute atomic E-state index is 2.57. The second-order valence-electron chi connectivity index (χ2n) is 20.3. The predicted molar refractivity (Wildman–Crippen MR) is 284 cm³/mol. The number of hydrogen-bond donors (Lipinski definition) is 0. The first-order chi connectivity index (χ1) is 31.9. The Balaban J connectivity index is 1.24. The highest BCUT2D eigenvalue weighted by Gasteiger charge is 2.45. The van der Waals surface area contributed by atoms with Crippen LogP contribution in [0.2, 0.25) is 0 Å². The topological polar surface area (TPSA) is 6.48 Å². The van der Waals surface area contributed by atoms with E-state index in [0.717, 1.165) is 11.4 Å². The summed E-state index contributed by atoms with van der Waals surface area (Å²) in [7, 11) is 0. The number of hydrogen-bond acceptors (Lipinski definition) is 2. The van der Waals surface area contributed by atoms with Crippen molar-refractivity contribution in [1.29, 1.82) is 0 Å². The van der Waals surface area contributed by atoms with Crippen molar-refractivity contribution in [3.8, 4) is 44.5 Å². The number of aryl methyl sites for hydroxylation is 1. The molecule has 3 heteroatoms. The zero-order valence-corrected chi connectivity index (χ0v) is 39.1. The minimum Gasteiger partial charge on any atom is -0.311 e. The van der Waals surface area contributed by atoms with Gasteiger partial charge in [0.1, 0.15) is 0 Å². The Labute approximate surface area is 392 Å². The summed E-state index contributed by atoms with van der Waals surface area (Å²) in [4.78, 5) is 5.14.